The Labute approximate surface area is 119 Å². The minimum atomic E-state index is -3.66. The number of nitrogens with one attached hydrogen (secondary N) is 1. The van der Waals surface area contributed by atoms with Crippen molar-refractivity contribution < 1.29 is 12.8 Å². The zero-order valence-corrected chi connectivity index (χ0v) is 12.5. The molecular formula is C13H20FN3O2S. The van der Waals surface area contributed by atoms with E-state index >= 15 is 0 Å². The van der Waals surface area contributed by atoms with Crippen molar-refractivity contribution >= 4 is 10.0 Å². The molecule has 0 bridgehead atoms. The van der Waals surface area contributed by atoms with E-state index in [1.165, 1.54) is 10.5 Å². The van der Waals surface area contributed by atoms with E-state index in [1.807, 2.05) is 14.0 Å². The third-order valence-electron chi connectivity index (χ3n) is 3.90. The Morgan fingerprint density at radius 3 is 2.90 bits per heavy atom. The zero-order chi connectivity index (χ0) is 14.8. The molecular weight excluding hydrogens is 281 g/mol. The van der Waals surface area contributed by atoms with Crippen LogP contribution in [-0.2, 0) is 10.0 Å². The summed E-state index contributed by atoms with van der Waals surface area (Å²) in [6, 6.07) is 1.27. The molecule has 0 amide bonds. The van der Waals surface area contributed by atoms with Gasteiger partial charge in [0.05, 0.1) is 6.20 Å². The fraction of sp³-hybridized carbons (Fsp3) is 0.615. The average molecular weight is 301 g/mol. The first-order valence-electron chi connectivity index (χ1n) is 6.73. The van der Waals surface area contributed by atoms with Crippen LogP contribution in [0.25, 0.3) is 0 Å². The topological polar surface area (TPSA) is 62.3 Å². The van der Waals surface area contributed by atoms with E-state index in [2.05, 4.69) is 10.3 Å². The number of nitrogens with zero attached hydrogens (tertiary/aromatic N) is 2. The number of hydrogen-bond acceptors (Lipinski definition) is 4. The molecule has 0 aliphatic carbocycles. The first-order chi connectivity index (χ1) is 9.45. The van der Waals surface area contributed by atoms with Gasteiger partial charge in [-0.15, -0.1) is 0 Å². The van der Waals surface area contributed by atoms with Crippen molar-refractivity contribution in [3.05, 3.63) is 24.3 Å². The molecule has 2 atom stereocenters. The lowest BCUT2D eigenvalue weighted by molar-refractivity contribution is 0.229. The van der Waals surface area contributed by atoms with Gasteiger partial charge in [0.2, 0.25) is 10.0 Å². The summed E-state index contributed by atoms with van der Waals surface area (Å²) >= 11 is 0. The molecule has 112 valence electrons. The monoisotopic (exact) mass is 301 g/mol. The maximum atomic E-state index is 13.2. The lowest BCUT2D eigenvalue weighted by atomic mass is 9.93. The van der Waals surface area contributed by atoms with Crippen LogP contribution >= 0.6 is 0 Å². The van der Waals surface area contributed by atoms with Crippen molar-refractivity contribution in [2.75, 3.05) is 20.1 Å². The Bertz CT molecular complexity index is 564. The van der Waals surface area contributed by atoms with Gasteiger partial charge in [-0.3, -0.25) is 4.98 Å². The van der Waals surface area contributed by atoms with Crippen molar-refractivity contribution in [3.8, 4) is 0 Å². The second kappa shape index (κ2) is 6.15. The quantitative estimate of drug-likeness (QED) is 0.908. The molecule has 1 N–H and O–H groups in total. The van der Waals surface area contributed by atoms with Crippen LogP contribution < -0.4 is 5.32 Å². The van der Waals surface area contributed by atoms with Crippen molar-refractivity contribution in [1.82, 2.24) is 14.6 Å². The molecule has 2 rings (SSSR count). The van der Waals surface area contributed by atoms with Gasteiger partial charge in [-0.25, -0.2) is 12.8 Å². The molecule has 7 heteroatoms. The Hall–Kier alpha value is -1.05. The standard InChI is InChI=1S/C13H20FN3O2S/c1-10(15-2)11-4-3-5-17(9-11)20(18,19)13-6-12(14)7-16-8-13/h6-8,10-11,15H,3-5,9H2,1-2H3. The predicted molar refractivity (Wildman–Crippen MR) is 74.2 cm³/mol. The van der Waals surface area contributed by atoms with Gasteiger partial charge in [-0.1, -0.05) is 0 Å². The lowest BCUT2D eigenvalue weighted by Gasteiger charge is -2.34. The highest BCUT2D eigenvalue weighted by Crippen LogP contribution is 2.25. The highest BCUT2D eigenvalue weighted by atomic mass is 32.2. The summed E-state index contributed by atoms with van der Waals surface area (Å²) in [5, 5.41) is 3.16. The second-order valence-electron chi connectivity index (χ2n) is 5.18. The molecule has 0 spiro atoms. The van der Waals surface area contributed by atoms with Crippen LogP contribution in [-0.4, -0.2) is 43.9 Å². The highest BCUT2D eigenvalue weighted by Gasteiger charge is 2.32. The third-order valence-corrected chi connectivity index (χ3v) is 5.73. The Balaban J connectivity index is 2.21. The fourth-order valence-corrected chi connectivity index (χ4v) is 4.03. The van der Waals surface area contributed by atoms with Crippen LogP contribution in [0.2, 0.25) is 0 Å². The fourth-order valence-electron chi connectivity index (χ4n) is 2.52. The summed E-state index contributed by atoms with van der Waals surface area (Å²) in [6.07, 6.45) is 4.01. The third kappa shape index (κ3) is 3.16. The summed E-state index contributed by atoms with van der Waals surface area (Å²) in [7, 11) is -1.79. The van der Waals surface area contributed by atoms with Gasteiger partial charge in [0, 0.05) is 25.3 Å². The summed E-state index contributed by atoms with van der Waals surface area (Å²) < 4.78 is 39.6. The maximum absolute atomic E-state index is 13.2. The van der Waals surface area contributed by atoms with Gasteiger partial charge in [-0.2, -0.15) is 4.31 Å². The number of pyridine rings is 1. The molecule has 1 saturated heterocycles. The van der Waals surface area contributed by atoms with Crippen LogP contribution in [0.1, 0.15) is 19.8 Å². The Morgan fingerprint density at radius 2 is 2.25 bits per heavy atom. The number of halogens is 1. The average Bonchev–Trinajstić information content (AvgIpc) is 2.46. The molecule has 2 heterocycles. The second-order valence-corrected chi connectivity index (χ2v) is 7.12. The van der Waals surface area contributed by atoms with Crippen molar-refractivity contribution in [3.63, 3.8) is 0 Å². The number of hydrogen-bond donors (Lipinski definition) is 1. The van der Waals surface area contributed by atoms with Crippen molar-refractivity contribution in [1.29, 1.82) is 0 Å². The molecule has 1 aromatic rings. The molecule has 1 aliphatic heterocycles. The minimum Gasteiger partial charge on any atom is -0.317 e. The summed E-state index contributed by atoms with van der Waals surface area (Å²) in [5.74, 6) is -0.367. The number of sulfonamides is 1. The van der Waals surface area contributed by atoms with E-state index < -0.39 is 15.8 Å². The molecule has 5 nitrogen and oxygen atoms in total. The van der Waals surface area contributed by atoms with Crippen LogP contribution in [0.5, 0.6) is 0 Å². The maximum Gasteiger partial charge on any atom is 0.244 e. The van der Waals surface area contributed by atoms with Crippen molar-refractivity contribution in [2.24, 2.45) is 5.92 Å². The lowest BCUT2D eigenvalue weighted by Crippen LogP contribution is -2.45. The highest BCUT2D eigenvalue weighted by molar-refractivity contribution is 7.89. The van der Waals surface area contributed by atoms with Crippen LogP contribution in [0.3, 0.4) is 0 Å². The van der Waals surface area contributed by atoms with Gasteiger partial charge >= 0.3 is 0 Å². The molecule has 0 radical (unpaired) electrons. The first-order valence-corrected chi connectivity index (χ1v) is 8.17. The summed E-state index contributed by atoms with van der Waals surface area (Å²) in [5.41, 5.74) is 0. The molecule has 0 saturated carbocycles. The molecule has 1 fully saturated rings. The van der Waals surface area contributed by atoms with Gasteiger partial charge in [0.1, 0.15) is 10.7 Å². The van der Waals surface area contributed by atoms with Crippen LogP contribution in [0.15, 0.2) is 23.4 Å². The smallest absolute Gasteiger partial charge is 0.244 e. The Kier molecular flexibility index (Phi) is 4.72. The number of piperidine rings is 1. The normalized spacial score (nSPS) is 22.6. The molecule has 1 aliphatic rings. The number of rotatable bonds is 4. The predicted octanol–water partition coefficient (Wildman–Crippen LogP) is 1.23. The van der Waals surface area contributed by atoms with Crippen LogP contribution in [0.4, 0.5) is 4.39 Å². The Morgan fingerprint density at radius 1 is 1.50 bits per heavy atom. The van der Waals surface area contributed by atoms with E-state index in [1.54, 1.807) is 0 Å². The van der Waals surface area contributed by atoms with Gasteiger partial charge < -0.3 is 5.32 Å². The largest absolute Gasteiger partial charge is 0.317 e. The first kappa shape index (κ1) is 15.3. The van der Waals surface area contributed by atoms with E-state index in [4.69, 9.17) is 0 Å². The SMILES string of the molecule is CNC(C)C1CCCN(S(=O)(=O)c2cncc(F)c2)C1. The van der Waals surface area contributed by atoms with Gasteiger partial charge in [-0.05, 0) is 38.8 Å². The summed E-state index contributed by atoms with van der Waals surface area (Å²) in [4.78, 5) is 3.55. The minimum absolute atomic E-state index is 0.0738. The van der Waals surface area contributed by atoms with Gasteiger partial charge in [0.25, 0.3) is 0 Å². The van der Waals surface area contributed by atoms with E-state index in [9.17, 15) is 12.8 Å². The van der Waals surface area contributed by atoms with E-state index in [-0.39, 0.29) is 16.9 Å². The molecule has 0 aromatic carbocycles. The van der Waals surface area contributed by atoms with Gasteiger partial charge in [0.15, 0.2) is 0 Å². The zero-order valence-electron chi connectivity index (χ0n) is 11.7. The molecule has 1 aromatic heterocycles. The molecule has 2 unspecified atom stereocenters. The summed E-state index contributed by atoms with van der Waals surface area (Å²) in [6.45, 7) is 2.98. The molecule has 20 heavy (non-hydrogen) atoms. The number of aromatic nitrogens is 1. The van der Waals surface area contributed by atoms with Crippen LogP contribution in [0, 0.1) is 11.7 Å². The van der Waals surface area contributed by atoms with E-state index in [0.717, 1.165) is 25.1 Å². The van der Waals surface area contributed by atoms with E-state index in [0.29, 0.717) is 13.1 Å². The van der Waals surface area contributed by atoms with Crippen molar-refractivity contribution in [2.45, 2.75) is 30.7 Å².